The number of hydrogen-bond donors (Lipinski definition) is 2. The van der Waals surface area contributed by atoms with Crippen LogP contribution in [0.4, 0.5) is 21.8 Å². The number of halogens is 1. The van der Waals surface area contributed by atoms with Crippen LogP contribution in [-0.2, 0) is 0 Å². The largest absolute Gasteiger partial charge is 0.495 e. The molecule has 1 unspecified atom stereocenters. The van der Waals surface area contributed by atoms with E-state index >= 15 is 4.39 Å². The maximum atomic E-state index is 15.5. The number of carbonyl (C=O) groups is 1. The summed E-state index contributed by atoms with van der Waals surface area (Å²) in [6, 6.07) is 5.40. The summed E-state index contributed by atoms with van der Waals surface area (Å²) in [5, 5.41) is 15.9. The van der Waals surface area contributed by atoms with Gasteiger partial charge >= 0.3 is 0 Å². The lowest BCUT2D eigenvalue weighted by atomic mass is 9.89. The summed E-state index contributed by atoms with van der Waals surface area (Å²) >= 11 is 0. The number of piperazine rings is 1. The van der Waals surface area contributed by atoms with Crippen molar-refractivity contribution in [3.05, 3.63) is 47.4 Å². The highest BCUT2D eigenvalue weighted by atomic mass is 19.1. The second kappa shape index (κ2) is 13.2. The summed E-state index contributed by atoms with van der Waals surface area (Å²) in [7, 11) is 3.64. The highest BCUT2D eigenvalue weighted by Crippen LogP contribution is 2.42. The van der Waals surface area contributed by atoms with Gasteiger partial charge in [-0.05, 0) is 59.1 Å². The Balaban J connectivity index is 1.18. The van der Waals surface area contributed by atoms with E-state index in [1.54, 1.807) is 12.5 Å². The van der Waals surface area contributed by atoms with Crippen molar-refractivity contribution in [3.63, 3.8) is 0 Å². The van der Waals surface area contributed by atoms with E-state index in [1.807, 2.05) is 4.57 Å². The molecule has 1 aromatic carbocycles. The Kier molecular flexibility index (Phi) is 9.11. The van der Waals surface area contributed by atoms with Crippen molar-refractivity contribution in [1.29, 1.82) is 5.26 Å². The van der Waals surface area contributed by atoms with Gasteiger partial charge in [-0.15, -0.1) is 0 Å². The minimum absolute atomic E-state index is 0.0133. The fourth-order valence-electron chi connectivity index (χ4n) is 7.16. The number of rotatable bonds is 8. The lowest BCUT2D eigenvalue weighted by molar-refractivity contribution is 0.0789. The summed E-state index contributed by atoms with van der Waals surface area (Å²) < 4.78 is 23.0. The van der Waals surface area contributed by atoms with Crippen LogP contribution in [0.15, 0.2) is 24.7 Å². The lowest BCUT2D eigenvalue weighted by Crippen LogP contribution is -2.51. The van der Waals surface area contributed by atoms with Gasteiger partial charge in [-0.2, -0.15) is 10.2 Å². The number of anilines is 3. The van der Waals surface area contributed by atoms with Gasteiger partial charge in [0.2, 0.25) is 5.95 Å². The van der Waals surface area contributed by atoms with Crippen LogP contribution in [0.1, 0.15) is 80.7 Å². The van der Waals surface area contributed by atoms with E-state index in [1.165, 1.54) is 19.2 Å². The number of ether oxygens (including phenoxy) is 1. The van der Waals surface area contributed by atoms with E-state index in [4.69, 9.17) is 9.72 Å². The minimum Gasteiger partial charge on any atom is -0.495 e. The highest BCUT2D eigenvalue weighted by molar-refractivity contribution is 5.96. The smallest absolute Gasteiger partial charge is 0.254 e. The van der Waals surface area contributed by atoms with Gasteiger partial charge < -0.3 is 25.2 Å². The molecule has 244 valence electrons. The van der Waals surface area contributed by atoms with Crippen molar-refractivity contribution in [2.75, 3.05) is 50.6 Å². The van der Waals surface area contributed by atoms with E-state index in [2.05, 4.69) is 69.2 Å². The summed E-state index contributed by atoms with van der Waals surface area (Å²) in [6.45, 7) is 10.6. The van der Waals surface area contributed by atoms with Crippen LogP contribution in [-0.4, -0.2) is 93.7 Å². The molecule has 3 aromatic rings. The van der Waals surface area contributed by atoms with E-state index in [0.29, 0.717) is 34.7 Å². The molecule has 0 radical (unpaired) electrons. The van der Waals surface area contributed by atoms with Gasteiger partial charge in [0.1, 0.15) is 29.7 Å². The Morgan fingerprint density at radius 1 is 1.15 bits per heavy atom. The minimum atomic E-state index is -0.660. The molecule has 13 heteroatoms. The van der Waals surface area contributed by atoms with Crippen molar-refractivity contribution in [2.45, 2.75) is 77.0 Å². The SMILES string of the molecule is CCC1c2c(C#N)ncn2-c2cnc(Nc3cc(F)c(C(=O)NC4CCC(N5CCN(C)CC5)CC4)cc3OC)nc2N1C(C)C. The van der Waals surface area contributed by atoms with Gasteiger partial charge in [0, 0.05) is 50.4 Å². The molecule has 1 atom stereocenters. The zero-order chi connectivity index (χ0) is 32.5. The number of carbonyl (C=O) groups excluding carboxylic acids is 1. The molecule has 0 bridgehead atoms. The average molecular weight is 631 g/mol. The monoisotopic (exact) mass is 630 g/mol. The van der Waals surface area contributed by atoms with Crippen LogP contribution in [0.25, 0.3) is 5.69 Å². The second-order valence-corrected chi connectivity index (χ2v) is 12.8. The fraction of sp³-hybridized carbons (Fsp3) is 0.545. The van der Waals surface area contributed by atoms with E-state index < -0.39 is 11.7 Å². The van der Waals surface area contributed by atoms with Gasteiger partial charge in [-0.1, -0.05) is 6.92 Å². The number of aromatic nitrogens is 4. The molecule has 2 aromatic heterocycles. The Hall–Kier alpha value is -4.28. The Morgan fingerprint density at radius 2 is 1.89 bits per heavy atom. The number of methoxy groups -OCH3 is 1. The first-order chi connectivity index (χ1) is 22.2. The lowest BCUT2D eigenvalue weighted by Gasteiger charge is -2.41. The van der Waals surface area contributed by atoms with Crippen molar-refractivity contribution in [1.82, 2.24) is 34.6 Å². The number of amides is 1. The van der Waals surface area contributed by atoms with Crippen LogP contribution in [0.3, 0.4) is 0 Å². The van der Waals surface area contributed by atoms with Gasteiger partial charge in [-0.3, -0.25) is 14.3 Å². The third kappa shape index (κ3) is 5.99. The van der Waals surface area contributed by atoms with Crippen molar-refractivity contribution in [2.24, 2.45) is 0 Å². The maximum Gasteiger partial charge on any atom is 0.254 e. The third-order valence-corrected chi connectivity index (χ3v) is 9.63. The fourth-order valence-corrected chi connectivity index (χ4v) is 7.16. The van der Waals surface area contributed by atoms with Gasteiger partial charge in [0.05, 0.1) is 36.3 Å². The van der Waals surface area contributed by atoms with Crippen molar-refractivity contribution < 1.29 is 13.9 Å². The second-order valence-electron chi connectivity index (χ2n) is 12.8. The maximum absolute atomic E-state index is 15.5. The van der Waals surface area contributed by atoms with E-state index in [9.17, 15) is 10.1 Å². The zero-order valence-electron chi connectivity index (χ0n) is 27.3. The predicted octanol–water partition coefficient (Wildman–Crippen LogP) is 4.39. The molecule has 3 aliphatic rings. The van der Waals surface area contributed by atoms with Crippen LogP contribution in [0, 0.1) is 17.1 Å². The molecule has 2 fully saturated rings. The Morgan fingerprint density at radius 3 is 2.54 bits per heavy atom. The molecule has 1 amide bonds. The first-order valence-electron chi connectivity index (χ1n) is 16.2. The van der Waals surface area contributed by atoms with Crippen LogP contribution in [0.5, 0.6) is 5.75 Å². The highest BCUT2D eigenvalue weighted by Gasteiger charge is 2.36. The van der Waals surface area contributed by atoms with Gasteiger partial charge in [0.15, 0.2) is 11.5 Å². The number of nitrogens with zero attached hydrogens (tertiary/aromatic N) is 8. The molecule has 1 aliphatic carbocycles. The quantitative estimate of drug-likeness (QED) is 0.370. The number of benzene rings is 1. The van der Waals surface area contributed by atoms with Crippen molar-refractivity contribution in [3.8, 4) is 17.5 Å². The van der Waals surface area contributed by atoms with Crippen molar-refractivity contribution >= 4 is 23.4 Å². The normalized spacial score (nSPS) is 21.8. The van der Waals surface area contributed by atoms with Crippen LogP contribution in [0.2, 0.25) is 0 Å². The molecular weight excluding hydrogens is 587 g/mol. The molecular formula is C33H43FN10O2. The number of nitriles is 1. The molecule has 6 rings (SSSR count). The molecule has 2 N–H and O–H groups in total. The molecule has 2 aliphatic heterocycles. The standard InChI is InChI=1S/C33H43FN10O2/c1-6-27-30-26(17-35)37-19-43(30)28-18-36-33(40-31(28)44(27)20(2)3)39-25-16-24(34)23(15-29(25)46-5)32(45)38-21-7-9-22(10-8-21)42-13-11-41(4)12-14-42/h15-16,18-22,27H,6-14H2,1-5H3,(H,38,45)(H,36,39,40). The van der Waals surface area contributed by atoms with Crippen LogP contribution >= 0.6 is 0 Å². The number of nitrogens with one attached hydrogen (secondary N) is 2. The topological polar surface area (TPSA) is 127 Å². The summed E-state index contributed by atoms with van der Waals surface area (Å²) in [5.41, 5.74) is 2.14. The number of imidazole rings is 1. The van der Waals surface area contributed by atoms with Crippen LogP contribution < -0.4 is 20.3 Å². The molecule has 1 saturated carbocycles. The molecule has 12 nitrogen and oxygen atoms in total. The molecule has 46 heavy (non-hydrogen) atoms. The first-order valence-corrected chi connectivity index (χ1v) is 16.2. The molecule has 1 saturated heterocycles. The Labute approximate surface area is 269 Å². The number of fused-ring (bicyclic) bond motifs is 3. The Bertz CT molecular complexity index is 1620. The summed E-state index contributed by atoms with van der Waals surface area (Å²) in [4.78, 5) is 34.0. The molecule has 4 heterocycles. The van der Waals surface area contributed by atoms with E-state index in [0.717, 1.165) is 64.0 Å². The van der Waals surface area contributed by atoms with Gasteiger partial charge in [0.25, 0.3) is 5.91 Å². The average Bonchev–Trinajstić information content (AvgIpc) is 3.49. The predicted molar refractivity (Wildman–Crippen MR) is 173 cm³/mol. The third-order valence-electron chi connectivity index (χ3n) is 9.63. The first kappa shape index (κ1) is 31.7. The summed E-state index contributed by atoms with van der Waals surface area (Å²) in [6.07, 6.45) is 7.85. The summed E-state index contributed by atoms with van der Waals surface area (Å²) in [5.74, 6) is 0.115. The van der Waals surface area contributed by atoms with E-state index in [-0.39, 0.29) is 29.6 Å². The van der Waals surface area contributed by atoms with Gasteiger partial charge in [-0.25, -0.2) is 14.4 Å². The number of likely N-dealkylation sites (N-methyl/N-ethyl adjacent to an activating group) is 1. The molecule has 0 spiro atoms. The number of hydrogen-bond acceptors (Lipinski definition) is 10. The zero-order valence-corrected chi connectivity index (χ0v) is 27.3.